The summed E-state index contributed by atoms with van der Waals surface area (Å²) in [7, 11) is 0. The molecule has 1 atom stereocenters. The molecule has 0 saturated heterocycles. The van der Waals surface area contributed by atoms with Gasteiger partial charge in [0.15, 0.2) is 0 Å². The third kappa shape index (κ3) is 2.67. The summed E-state index contributed by atoms with van der Waals surface area (Å²) in [5.74, 6) is 0. The van der Waals surface area contributed by atoms with E-state index < -0.39 is 0 Å². The molecule has 3 heteroatoms. The van der Waals surface area contributed by atoms with Gasteiger partial charge >= 0.3 is 0 Å². The van der Waals surface area contributed by atoms with E-state index in [0.29, 0.717) is 0 Å². The van der Waals surface area contributed by atoms with Gasteiger partial charge in [0.1, 0.15) is 0 Å². The molecule has 0 aliphatic heterocycles. The summed E-state index contributed by atoms with van der Waals surface area (Å²) in [6.45, 7) is 2.09. The average molecular weight is 292 g/mol. The molecule has 88 valence electrons. The highest BCUT2D eigenvalue weighted by molar-refractivity contribution is 9.10. The Morgan fingerprint density at radius 2 is 1.88 bits per heavy atom. The summed E-state index contributed by atoms with van der Waals surface area (Å²) in [5.41, 5.74) is 1.20. The molecule has 1 heterocycles. The van der Waals surface area contributed by atoms with E-state index in [1.807, 2.05) is 24.4 Å². The molecule has 17 heavy (non-hydrogen) atoms. The summed E-state index contributed by atoms with van der Waals surface area (Å²) in [6, 6.07) is 13.5. The van der Waals surface area contributed by atoms with Crippen molar-refractivity contribution in [2.45, 2.75) is 19.4 Å². The van der Waals surface area contributed by atoms with E-state index in [1.54, 1.807) is 16.7 Å². The molecule has 0 fully saturated rings. The lowest BCUT2D eigenvalue weighted by atomic mass is 10.0. The van der Waals surface area contributed by atoms with Crippen LogP contribution >= 0.6 is 15.9 Å². The zero-order valence-corrected chi connectivity index (χ0v) is 11.2. The largest absolute Gasteiger partial charge is 0.308 e. The van der Waals surface area contributed by atoms with Gasteiger partial charge < -0.3 is 4.57 Å². The molecule has 2 aromatic rings. The van der Waals surface area contributed by atoms with Crippen LogP contribution in [-0.2, 0) is 0 Å². The van der Waals surface area contributed by atoms with E-state index in [2.05, 4.69) is 35.0 Å². The summed E-state index contributed by atoms with van der Waals surface area (Å²) < 4.78 is 2.83. The molecule has 0 bridgehead atoms. The number of rotatable bonds is 3. The van der Waals surface area contributed by atoms with Crippen molar-refractivity contribution in [2.24, 2.45) is 0 Å². The Morgan fingerprint density at radius 3 is 2.47 bits per heavy atom. The first-order valence-corrected chi connectivity index (χ1v) is 6.44. The van der Waals surface area contributed by atoms with Gasteiger partial charge in [0.25, 0.3) is 5.56 Å². The van der Waals surface area contributed by atoms with Crippen LogP contribution in [0.2, 0.25) is 0 Å². The highest BCUT2D eigenvalue weighted by Gasteiger charge is 2.11. The lowest BCUT2D eigenvalue weighted by molar-refractivity contribution is 0.548. The first-order chi connectivity index (χ1) is 8.22. The van der Waals surface area contributed by atoms with E-state index in [-0.39, 0.29) is 11.6 Å². The van der Waals surface area contributed by atoms with Crippen molar-refractivity contribution in [1.29, 1.82) is 0 Å². The Kier molecular flexibility index (Phi) is 3.79. The van der Waals surface area contributed by atoms with Crippen molar-refractivity contribution < 1.29 is 0 Å². The quantitative estimate of drug-likeness (QED) is 0.847. The number of hydrogen-bond acceptors (Lipinski definition) is 1. The van der Waals surface area contributed by atoms with Gasteiger partial charge in [-0.25, -0.2) is 0 Å². The summed E-state index contributed by atoms with van der Waals surface area (Å²) in [6.07, 6.45) is 2.74. The highest BCUT2D eigenvalue weighted by atomic mass is 79.9. The molecule has 0 aliphatic carbocycles. The fraction of sp³-hybridized carbons (Fsp3) is 0.214. The predicted octanol–water partition coefficient (Wildman–Crippen LogP) is 3.61. The van der Waals surface area contributed by atoms with E-state index >= 15 is 0 Å². The van der Waals surface area contributed by atoms with Gasteiger partial charge in [-0.1, -0.05) is 41.1 Å². The number of nitrogens with zero attached hydrogens (tertiary/aromatic N) is 1. The van der Waals surface area contributed by atoms with Crippen LogP contribution in [0.1, 0.15) is 24.9 Å². The van der Waals surface area contributed by atoms with Crippen molar-refractivity contribution in [2.75, 3.05) is 0 Å². The van der Waals surface area contributed by atoms with Gasteiger partial charge in [-0.2, -0.15) is 0 Å². The monoisotopic (exact) mass is 291 g/mol. The maximum atomic E-state index is 11.8. The van der Waals surface area contributed by atoms with Gasteiger partial charge in [-0.3, -0.25) is 4.79 Å². The zero-order chi connectivity index (χ0) is 12.3. The maximum Gasteiger partial charge on any atom is 0.251 e. The molecule has 1 unspecified atom stereocenters. The topological polar surface area (TPSA) is 22.0 Å². The summed E-state index contributed by atoms with van der Waals surface area (Å²) in [4.78, 5) is 11.8. The molecule has 1 aromatic carbocycles. The van der Waals surface area contributed by atoms with Crippen LogP contribution in [0, 0.1) is 0 Å². The Balaban J connectivity index is 2.44. The van der Waals surface area contributed by atoms with Crippen molar-refractivity contribution in [3.8, 4) is 0 Å². The van der Waals surface area contributed by atoms with E-state index in [1.165, 1.54) is 0 Å². The van der Waals surface area contributed by atoms with Crippen molar-refractivity contribution in [3.63, 3.8) is 0 Å². The number of benzene rings is 1. The Morgan fingerprint density at radius 1 is 1.18 bits per heavy atom. The molecule has 0 spiro atoms. The van der Waals surface area contributed by atoms with Crippen molar-refractivity contribution in [3.05, 3.63) is 69.1 Å². The molecular formula is C14H14BrNO. The number of aromatic nitrogens is 1. The third-order valence-corrected chi connectivity index (χ3v) is 3.36. The van der Waals surface area contributed by atoms with E-state index in [4.69, 9.17) is 0 Å². The maximum absolute atomic E-state index is 11.8. The molecule has 0 amide bonds. The van der Waals surface area contributed by atoms with Crippen molar-refractivity contribution in [1.82, 2.24) is 4.57 Å². The second kappa shape index (κ2) is 5.32. The van der Waals surface area contributed by atoms with Crippen LogP contribution in [0.4, 0.5) is 0 Å². The highest BCUT2D eigenvalue weighted by Crippen LogP contribution is 2.22. The zero-order valence-electron chi connectivity index (χ0n) is 9.64. The number of halogens is 1. The first kappa shape index (κ1) is 12.1. The van der Waals surface area contributed by atoms with Crippen LogP contribution in [-0.4, -0.2) is 4.57 Å². The second-order valence-electron chi connectivity index (χ2n) is 3.92. The molecule has 0 saturated carbocycles. The minimum Gasteiger partial charge on any atom is -0.308 e. The fourth-order valence-corrected chi connectivity index (χ4v) is 2.24. The van der Waals surface area contributed by atoms with Crippen LogP contribution in [0.25, 0.3) is 0 Å². The van der Waals surface area contributed by atoms with Crippen LogP contribution in [0.15, 0.2) is 57.9 Å². The molecule has 2 rings (SSSR count). The van der Waals surface area contributed by atoms with Crippen LogP contribution in [0.5, 0.6) is 0 Å². The first-order valence-electron chi connectivity index (χ1n) is 5.65. The van der Waals surface area contributed by atoms with Crippen molar-refractivity contribution >= 4 is 15.9 Å². The van der Waals surface area contributed by atoms with Gasteiger partial charge in [0, 0.05) is 16.7 Å². The SMILES string of the molecule is CCC(c1ccc(Br)cc1)n1ccccc1=O. The van der Waals surface area contributed by atoms with Crippen LogP contribution < -0.4 is 5.56 Å². The van der Waals surface area contributed by atoms with Gasteiger partial charge in [0.05, 0.1) is 6.04 Å². The third-order valence-electron chi connectivity index (χ3n) is 2.83. The normalized spacial score (nSPS) is 12.4. The van der Waals surface area contributed by atoms with Crippen LogP contribution in [0.3, 0.4) is 0 Å². The summed E-state index contributed by atoms with van der Waals surface area (Å²) in [5, 5.41) is 0. The minimum atomic E-state index is 0.0438. The van der Waals surface area contributed by atoms with Gasteiger partial charge in [-0.05, 0) is 30.2 Å². The lowest BCUT2D eigenvalue weighted by Crippen LogP contribution is -2.23. The summed E-state index contributed by atoms with van der Waals surface area (Å²) >= 11 is 3.42. The number of pyridine rings is 1. The average Bonchev–Trinajstić information content (AvgIpc) is 2.35. The standard InChI is InChI=1S/C14H14BrNO/c1-2-13(11-6-8-12(15)9-7-11)16-10-4-3-5-14(16)17/h3-10,13H,2H2,1H3. The molecule has 1 aromatic heterocycles. The molecule has 0 N–H and O–H groups in total. The molecule has 2 nitrogen and oxygen atoms in total. The molecular weight excluding hydrogens is 278 g/mol. The van der Waals surface area contributed by atoms with E-state index in [9.17, 15) is 4.79 Å². The fourth-order valence-electron chi connectivity index (χ4n) is 1.98. The molecule has 0 aliphatic rings. The minimum absolute atomic E-state index is 0.0438. The van der Waals surface area contributed by atoms with Gasteiger partial charge in [0.2, 0.25) is 0 Å². The molecule has 0 radical (unpaired) electrons. The smallest absolute Gasteiger partial charge is 0.251 e. The van der Waals surface area contributed by atoms with Gasteiger partial charge in [-0.15, -0.1) is 0 Å². The Hall–Kier alpha value is -1.35. The Labute approximate surface area is 109 Å². The van der Waals surface area contributed by atoms with E-state index in [0.717, 1.165) is 16.5 Å². The number of hydrogen-bond donors (Lipinski definition) is 0. The second-order valence-corrected chi connectivity index (χ2v) is 4.84. The Bertz CT molecular complexity index is 545. The lowest BCUT2D eigenvalue weighted by Gasteiger charge is -2.18. The predicted molar refractivity (Wildman–Crippen MR) is 73.3 cm³/mol.